The average Bonchev–Trinajstić information content (AvgIpc) is 3.02. The molecule has 0 saturated carbocycles. The van der Waals surface area contributed by atoms with Gasteiger partial charge in [-0.3, -0.25) is 0 Å². The molecule has 0 aliphatic rings. The van der Waals surface area contributed by atoms with E-state index in [1.165, 1.54) is 12.1 Å². The van der Waals surface area contributed by atoms with E-state index in [0.29, 0.717) is 22.6 Å². The molecule has 1 heterocycles. The molecule has 7 heteroatoms. The minimum absolute atomic E-state index is 0.0160. The first kappa shape index (κ1) is 18.9. The first-order valence-electron chi connectivity index (χ1n) is 7.57. The summed E-state index contributed by atoms with van der Waals surface area (Å²) in [5.74, 6) is 0.242. The SMILES string of the molecule is C=C/C=C\C=C/C(C)c1noc(CO)c1-c1ccc(S(N)(=O)=O)cc1. The van der Waals surface area contributed by atoms with Crippen LogP contribution >= 0.6 is 0 Å². The van der Waals surface area contributed by atoms with Crippen molar-refractivity contribution >= 4 is 10.0 Å². The maximum Gasteiger partial charge on any atom is 0.238 e. The average molecular weight is 360 g/mol. The second kappa shape index (κ2) is 8.06. The molecule has 0 aliphatic heterocycles. The molecule has 0 saturated heterocycles. The van der Waals surface area contributed by atoms with Crippen molar-refractivity contribution < 1.29 is 18.0 Å². The van der Waals surface area contributed by atoms with E-state index in [-0.39, 0.29) is 17.4 Å². The van der Waals surface area contributed by atoms with E-state index in [1.807, 2.05) is 25.2 Å². The van der Waals surface area contributed by atoms with Crippen LogP contribution < -0.4 is 5.14 Å². The van der Waals surface area contributed by atoms with Crippen molar-refractivity contribution in [2.45, 2.75) is 24.3 Å². The van der Waals surface area contributed by atoms with E-state index in [2.05, 4.69) is 11.7 Å². The number of nitrogens with two attached hydrogens (primary N) is 1. The van der Waals surface area contributed by atoms with Gasteiger partial charge in [0.15, 0.2) is 5.76 Å². The molecular formula is C18H20N2O4S. The van der Waals surface area contributed by atoms with Gasteiger partial charge in [-0.25, -0.2) is 13.6 Å². The van der Waals surface area contributed by atoms with E-state index in [0.717, 1.165) is 0 Å². The summed E-state index contributed by atoms with van der Waals surface area (Å²) >= 11 is 0. The number of sulfonamides is 1. The fourth-order valence-corrected chi connectivity index (χ4v) is 2.86. The monoisotopic (exact) mass is 360 g/mol. The number of benzene rings is 1. The molecule has 0 spiro atoms. The Labute approximate surface area is 147 Å². The predicted octanol–water partition coefficient (Wildman–Crippen LogP) is 2.88. The summed E-state index contributed by atoms with van der Waals surface area (Å²) in [5.41, 5.74) is 1.98. The number of primary sulfonamides is 1. The zero-order chi connectivity index (χ0) is 18.4. The number of aliphatic hydroxyl groups excluding tert-OH is 1. The third kappa shape index (κ3) is 4.54. The minimum Gasteiger partial charge on any atom is -0.388 e. The fourth-order valence-electron chi connectivity index (χ4n) is 2.34. The van der Waals surface area contributed by atoms with E-state index < -0.39 is 10.0 Å². The van der Waals surface area contributed by atoms with Gasteiger partial charge >= 0.3 is 0 Å². The third-order valence-corrected chi connectivity index (χ3v) is 4.52. The first-order chi connectivity index (χ1) is 11.9. The number of aliphatic hydroxyl groups is 1. The Bertz CT molecular complexity index is 894. The number of hydrogen-bond donors (Lipinski definition) is 2. The van der Waals surface area contributed by atoms with Gasteiger partial charge in [0.2, 0.25) is 10.0 Å². The second-order valence-electron chi connectivity index (χ2n) is 5.39. The molecule has 0 amide bonds. The standard InChI is InChI=1S/C18H20N2O4S/c1-3-4-5-6-7-13(2)18-17(16(12-21)24-20-18)14-8-10-15(11-9-14)25(19,22)23/h3-11,13,21H,1,12H2,2H3,(H2,19,22,23)/b5-4-,7-6-. The normalized spacial score (nSPS) is 13.6. The lowest BCUT2D eigenvalue weighted by molar-refractivity contribution is 0.229. The maximum absolute atomic E-state index is 11.4. The van der Waals surface area contributed by atoms with E-state index in [9.17, 15) is 13.5 Å². The Morgan fingerprint density at radius 3 is 2.52 bits per heavy atom. The lowest BCUT2D eigenvalue weighted by Gasteiger charge is -2.07. The van der Waals surface area contributed by atoms with E-state index in [1.54, 1.807) is 24.3 Å². The van der Waals surface area contributed by atoms with Crippen LogP contribution in [-0.2, 0) is 16.6 Å². The summed E-state index contributed by atoms with van der Waals surface area (Å²) in [6, 6.07) is 6.05. The van der Waals surface area contributed by atoms with Crippen LogP contribution in [0.1, 0.15) is 24.3 Å². The van der Waals surface area contributed by atoms with Gasteiger partial charge in [0.1, 0.15) is 6.61 Å². The Hall–Kier alpha value is -2.48. The first-order valence-corrected chi connectivity index (χ1v) is 9.11. The molecule has 2 aromatic rings. The van der Waals surface area contributed by atoms with Crippen molar-refractivity contribution in [3.63, 3.8) is 0 Å². The molecule has 0 bridgehead atoms. The number of hydrogen-bond acceptors (Lipinski definition) is 5. The number of rotatable bonds is 7. The Morgan fingerprint density at radius 2 is 1.96 bits per heavy atom. The third-order valence-electron chi connectivity index (χ3n) is 3.59. The van der Waals surface area contributed by atoms with Crippen LogP contribution in [0.25, 0.3) is 11.1 Å². The van der Waals surface area contributed by atoms with Crippen LogP contribution in [0.3, 0.4) is 0 Å². The van der Waals surface area contributed by atoms with Crippen molar-refractivity contribution in [1.29, 1.82) is 0 Å². The molecular weight excluding hydrogens is 340 g/mol. The lowest BCUT2D eigenvalue weighted by Crippen LogP contribution is -2.11. The molecule has 25 heavy (non-hydrogen) atoms. The highest BCUT2D eigenvalue weighted by molar-refractivity contribution is 7.89. The summed E-state index contributed by atoms with van der Waals surface area (Å²) < 4.78 is 28.0. The lowest BCUT2D eigenvalue weighted by atomic mass is 9.96. The fraction of sp³-hybridized carbons (Fsp3) is 0.167. The van der Waals surface area contributed by atoms with Gasteiger partial charge in [0.05, 0.1) is 16.2 Å². The predicted molar refractivity (Wildman–Crippen MR) is 96.1 cm³/mol. The molecule has 1 aromatic heterocycles. The summed E-state index contributed by atoms with van der Waals surface area (Å²) in [6.07, 6.45) is 9.12. The Morgan fingerprint density at radius 1 is 1.28 bits per heavy atom. The molecule has 0 radical (unpaired) electrons. The van der Waals surface area contributed by atoms with Crippen LogP contribution in [0.15, 0.2) is 70.6 Å². The topological polar surface area (TPSA) is 106 Å². The summed E-state index contributed by atoms with van der Waals surface area (Å²) in [4.78, 5) is 0.0160. The van der Waals surface area contributed by atoms with Gasteiger partial charge in [0.25, 0.3) is 0 Å². The summed E-state index contributed by atoms with van der Waals surface area (Å²) in [6.45, 7) is 5.23. The van der Waals surface area contributed by atoms with Crippen LogP contribution in [0.5, 0.6) is 0 Å². The molecule has 0 fully saturated rings. The van der Waals surface area contributed by atoms with Gasteiger partial charge < -0.3 is 9.63 Å². The van der Waals surface area contributed by atoms with Crippen molar-refractivity contribution in [3.8, 4) is 11.1 Å². The summed E-state index contributed by atoms with van der Waals surface area (Å²) in [7, 11) is -3.76. The minimum atomic E-state index is -3.76. The van der Waals surface area contributed by atoms with Gasteiger partial charge in [0, 0.05) is 5.92 Å². The van der Waals surface area contributed by atoms with Crippen molar-refractivity contribution in [1.82, 2.24) is 5.16 Å². The number of allylic oxidation sites excluding steroid dienone is 5. The van der Waals surface area contributed by atoms with Crippen molar-refractivity contribution in [2.24, 2.45) is 5.14 Å². The highest BCUT2D eigenvalue weighted by atomic mass is 32.2. The van der Waals surface area contributed by atoms with Crippen LogP contribution in [0.2, 0.25) is 0 Å². The molecule has 2 rings (SSSR count). The van der Waals surface area contributed by atoms with Crippen LogP contribution in [0, 0.1) is 0 Å². The highest BCUT2D eigenvalue weighted by Crippen LogP contribution is 2.33. The molecule has 1 atom stereocenters. The number of aromatic nitrogens is 1. The molecule has 0 aliphatic carbocycles. The van der Waals surface area contributed by atoms with E-state index in [4.69, 9.17) is 9.66 Å². The smallest absolute Gasteiger partial charge is 0.238 e. The van der Waals surface area contributed by atoms with Gasteiger partial charge in [-0.1, -0.05) is 61.2 Å². The Balaban J connectivity index is 2.43. The van der Waals surface area contributed by atoms with Gasteiger partial charge in [-0.2, -0.15) is 0 Å². The zero-order valence-electron chi connectivity index (χ0n) is 13.8. The van der Waals surface area contributed by atoms with Gasteiger partial charge in [-0.05, 0) is 17.7 Å². The quantitative estimate of drug-likeness (QED) is 0.738. The molecule has 1 unspecified atom stereocenters. The highest BCUT2D eigenvalue weighted by Gasteiger charge is 2.21. The largest absolute Gasteiger partial charge is 0.388 e. The van der Waals surface area contributed by atoms with Crippen molar-refractivity contribution in [3.05, 3.63) is 72.7 Å². The van der Waals surface area contributed by atoms with Crippen LogP contribution in [-0.4, -0.2) is 18.7 Å². The zero-order valence-corrected chi connectivity index (χ0v) is 14.6. The molecule has 3 N–H and O–H groups in total. The molecule has 132 valence electrons. The van der Waals surface area contributed by atoms with Gasteiger partial charge in [-0.15, -0.1) is 0 Å². The maximum atomic E-state index is 11.4. The molecule has 6 nitrogen and oxygen atoms in total. The van der Waals surface area contributed by atoms with Crippen LogP contribution in [0.4, 0.5) is 0 Å². The second-order valence-corrected chi connectivity index (χ2v) is 6.95. The number of nitrogens with zero attached hydrogens (tertiary/aromatic N) is 1. The summed E-state index contributed by atoms with van der Waals surface area (Å²) in [5, 5.41) is 18.7. The van der Waals surface area contributed by atoms with E-state index >= 15 is 0 Å². The molecule has 1 aromatic carbocycles. The van der Waals surface area contributed by atoms with Crippen molar-refractivity contribution in [2.75, 3.05) is 0 Å². The Kier molecular flexibility index (Phi) is 6.08.